The minimum absolute atomic E-state index is 0.260. The van der Waals surface area contributed by atoms with E-state index < -0.39 is 17.7 Å². The lowest BCUT2D eigenvalue weighted by Gasteiger charge is -2.10. The quantitative estimate of drug-likeness (QED) is 0.184. The molecule has 10 heteroatoms. The van der Waals surface area contributed by atoms with Crippen molar-refractivity contribution >= 4 is 29.9 Å². The molecular formula is C27H28O10. The summed E-state index contributed by atoms with van der Waals surface area (Å²) in [6.45, 7) is -0.528. The summed E-state index contributed by atoms with van der Waals surface area (Å²) in [5.41, 5.74) is 1.30. The van der Waals surface area contributed by atoms with Crippen molar-refractivity contribution in [2.45, 2.75) is 0 Å². The van der Waals surface area contributed by atoms with Gasteiger partial charge >= 0.3 is 11.9 Å². The second-order valence-corrected chi connectivity index (χ2v) is 7.19. The summed E-state index contributed by atoms with van der Waals surface area (Å²) in [4.78, 5) is 34.7. The van der Waals surface area contributed by atoms with E-state index in [1.165, 1.54) is 40.6 Å². The molecule has 0 fully saturated rings. The Kier molecular flexibility index (Phi) is 11.3. The smallest absolute Gasteiger partial charge is 0.343 e. The van der Waals surface area contributed by atoms with Gasteiger partial charge in [0.2, 0.25) is 0 Å². The second-order valence-electron chi connectivity index (χ2n) is 7.19. The number of ether oxygens (including phenoxy) is 6. The van der Waals surface area contributed by atoms with Crippen LogP contribution in [0.3, 0.4) is 0 Å². The number of aliphatic hydroxyl groups excluding tert-OH is 1. The SMILES string of the molecule is COC(=O)COc1ccc(/C=C/C(=O)/C=C(O)/C=C/c2ccc(OCC(=O)OC)c(OC)c2)cc1OC. The Balaban J connectivity index is 2.03. The highest BCUT2D eigenvalue weighted by Gasteiger charge is 2.09. The molecule has 0 saturated carbocycles. The number of hydrogen-bond acceptors (Lipinski definition) is 10. The first-order valence-electron chi connectivity index (χ1n) is 10.9. The standard InChI is InChI=1S/C27H28O10/c1-32-24-13-18(7-11-22(24)36-16-26(30)34-3)5-9-20(28)15-21(29)10-6-19-8-12-23(25(14-19)33-2)37-17-27(31)35-4/h5-15,28H,16-17H2,1-4H3/b9-5+,10-6+,20-15-. The van der Waals surface area contributed by atoms with Crippen LogP contribution in [-0.4, -0.2) is 64.5 Å². The van der Waals surface area contributed by atoms with Crippen LogP contribution in [0.1, 0.15) is 11.1 Å². The first-order chi connectivity index (χ1) is 17.8. The lowest BCUT2D eigenvalue weighted by molar-refractivity contribution is -0.143. The minimum atomic E-state index is -0.530. The van der Waals surface area contributed by atoms with E-state index in [4.69, 9.17) is 18.9 Å². The van der Waals surface area contributed by atoms with E-state index in [1.807, 2.05) is 0 Å². The molecule has 0 aliphatic carbocycles. The number of allylic oxidation sites excluding steroid dienone is 3. The van der Waals surface area contributed by atoms with Crippen LogP contribution in [-0.2, 0) is 23.9 Å². The maximum absolute atomic E-state index is 12.2. The highest BCUT2D eigenvalue weighted by atomic mass is 16.6. The molecule has 0 saturated heterocycles. The van der Waals surface area contributed by atoms with E-state index in [1.54, 1.807) is 48.6 Å². The number of carbonyl (C=O) groups is 3. The van der Waals surface area contributed by atoms with Crippen LogP contribution >= 0.6 is 0 Å². The van der Waals surface area contributed by atoms with Crippen molar-refractivity contribution in [2.24, 2.45) is 0 Å². The number of ketones is 1. The summed E-state index contributed by atoms with van der Waals surface area (Å²) < 4.78 is 30.3. The summed E-state index contributed by atoms with van der Waals surface area (Å²) >= 11 is 0. The fraction of sp³-hybridized carbons (Fsp3) is 0.222. The van der Waals surface area contributed by atoms with Gasteiger partial charge in [-0.25, -0.2) is 9.59 Å². The molecule has 0 bridgehead atoms. The average molecular weight is 513 g/mol. The van der Waals surface area contributed by atoms with Gasteiger partial charge in [-0.05, 0) is 47.5 Å². The van der Waals surface area contributed by atoms with Crippen LogP contribution in [0, 0.1) is 0 Å². The predicted octanol–water partition coefficient (Wildman–Crippen LogP) is 3.55. The van der Waals surface area contributed by atoms with E-state index in [2.05, 4.69) is 9.47 Å². The maximum Gasteiger partial charge on any atom is 0.343 e. The monoisotopic (exact) mass is 512 g/mol. The van der Waals surface area contributed by atoms with Gasteiger partial charge in [0.1, 0.15) is 5.76 Å². The summed E-state index contributed by atoms with van der Waals surface area (Å²) in [6.07, 6.45) is 6.81. The number of benzene rings is 2. The number of carbonyl (C=O) groups excluding carboxylic acids is 3. The van der Waals surface area contributed by atoms with Crippen molar-refractivity contribution in [3.05, 3.63) is 71.5 Å². The molecule has 0 aliphatic rings. The number of rotatable bonds is 13. The summed E-state index contributed by atoms with van der Waals surface area (Å²) in [5.74, 6) is -0.315. The molecule has 0 aliphatic heterocycles. The van der Waals surface area contributed by atoms with Crippen LogP contribution in [0.5, 0.6) is 23.0 Å². The largest absolute Gasteiger partial charge is 0.508 e. The van der Waals surface area contributed by atoms with E-state index >= 15 is 0 Å². The third-order valence-corrected chi connectivity index (χ3v) is 4.70. The van der Waals surface area contributed by atoms with E-state index in [0.29, 0.717) is 34.1 Å². The fourth-order valence-corrected chi connectivity index (χ4v) is 2.81. The average Bonchev–Trinajstić information content (AvgIpc) is 2.92. The zero-order valence-corrected chi connectivity index (χ0v) is 20.9. The lowest BCUT2D eigenvalue weighted by atomic mass is 10.1. The Morgan fingerprint density at radius 1 is 0.703 bits per heavy atom. The molecule has 2 aromatic rings. The zero-order valence-electron chi connectivity index (χ0n) is 20.9. The normalized spacial score (nSPS) is 11.3. The Hall–Kier alpha value is -4.73. The Labute approximate surface area is 214 Å². The first-order valence-corrected chi connectivity index (χ1v) is 10.9. The van der Waals surface area contributed by atoms with Gasteiger partial charge in [0.25, 0.3) is 0 Å². The van der Waals surface area contributed by atoms with Crippen molar-refractivity contribution in [2.75, 3.05) is 41.7 Å². The van der Waals surface area contributed by atoms with Crippen LogP contribution in [0.25, 0.3) is 12.2 Å². The fourth-order valence-electron chi connectivity index (χ4n) is 2.81. The van der Waals surface area contributed by atoms with E-state index in [9.17, 15) is 19.5 Å². The Bertz CT molecular complexity index is 1190. The molecule has 1 N–H and O–H groups in total. The molecule has 0 radical (unpaired) electrons. The van der Waals surface area contributed by atoms with E-state index in [0.717, 1.165) is 6.08 Å². The molecular weight excluding hydrogens is 484 g/mol. The van der Waals surface area contributed by atoms with Gasteiger partial charge in [-0.15, -0.1) is 0 Å². The molecule has 2 rings (SSSR count). The molecule has 37 heavy (non-hydrogen) atoms. The highest BCUT2D eigenvalue weighted by Crippen LogP contribution is 2.29. The maximum atomic E-state index is 12.2. The van der Waals surface area contributed by atoms with Crippen molar-refractivity contribution in [3.63, 3.8) is 0 Å². The second kappa shape index (κ2) is 14.6. The van der Waals surface area contributed by atoms with Crippen LogP contribution < -0.4 is 18.9 Å². The third kappa shape index (κ3) is 9.44. The van der Waals surface area contributed by atoms with Crippen molar-refractivity contribution in [1.82, 2.24) is 0 Å². The zero-order chi connectivity index (χ0) is 27.2. The van der Waals surface area contributed by atoms with Gasteiger partial charge in [0.05, 0.1) is 28.4 Å². The summed E-state index contributed by atoms with van der Waals surface area (Å²) in [6, 6.07) is 9.84. The van der Waals surface area contributed by atoms with Crippen LogP contribution in [0.2, 0.25) is 0 Å². The van der Waals surface area contributed by atoms with Gasteiger partial charge in [-0.1, -0.05) is 24.3 Å². The van der Waals surface area contributed by atoms with Gasteiger partial charge in [-0.3, -0.25) is 4.79 Å². The van der Waals surface area contributed by atoms with Crippen molar-refractivity contribution < 1.29 is 47.9 Å². The molecule has 0 aromatic heterocycles. The molecule has 10 nitrogen and oxygen atoms in total. The van der Waals surface area contributed by atoms with Crippen LogP contribution in [0.15, 0.2) is 60.4 Å². The number of hydrogen-bond donors (Lipinski definition) is 1. The van der Waals surface area contributed by atoms with Crippen molar-refractivity contribution in [1.29, 1.82) is 0 Å². The highest BCUT2D eigenvalue weighted by molar-refractivity contribution is 6.02. The number of aliphatic hydroxyl groups is 1. The van der Waals surface area contributed by atoms with Gasteiger partial charge in [-0.2, -0.15) is 0 Å². The summed E-state index contributed by atoms with van der Waals surface area (Å²) in [5, 5.41) is 10.1. The van der Waals surface area contributed by atoms with E-state index in [-0.39, 0.29) is 19.0 Å². The lowest BCUT2D eigenvalue weighted by Crippen LogP contribution is -2.12. The predicted molar refractivity (Wildman–Crippen MR) is 135 cm³/mol. The Morgan fingerprint density at radius 2 is 1.16 bits per heavy atom. The van der Waals surface area contributed by atoms with Gasteiger partial charge < -0.3 is 33.5 Å². The third-order valence-electron chi connectivity index (χ3n) is 4.70. The molecule has 0 spiro atoms. The topological polar surface area (TPSA) is 127 Å². The van der Waals surface area contributed by atoms with Gasteiger partial charge in [0.15, 0.2) is 42.0 Å². The molecule has 2 aromatic carbocycles. The molecule has 0 unspecified atom stereocenters. The first kappa shape index (κ1) is 28.5. The Morgan fingerprint density at radius 3 is 1.59 bits per heavy atom. The molecule has 0 atom stereocenters. The van der Waals surface area contributed by atoms with Crippen molar-refractivity contribution in [3.8, 4) is 23.0 Å². The number of methoxy groups -OCH3 is 4. The molecule has 0 heterocycles. The summed E-state index contributed by atoms with van der Waals surface area (Å²) in [7, 11) is 5.42. The molecule has 0 amide bonds. The molecule has 196 valence electrons. The number of esters is 2. The minimum Gasteiger partial charge on any atom is -0.508 e. The van der Waals surface area contributed by atoms with Crippen LogP contribution in [0.4, 0.5) is 0 Å². The van der Waals surface area contributed by atoms with Gasteiger partial charge in [0, 0.05) is 6.08 Å².